The largest absolute Gasteiger partial charge is 0.474 e. The van der Waals surface area contributed by atoms with Crippen molar-refractivity contribution in [3.63, 3.8) is 0 Å². The molecule has 6 rings (SSSR count). The molecule has 5 aliphatic rings. The van der Waals surface area contributed by atoms with Gasteiger partial charge in [0, 0.05) is 24.7 Å². The zero-order valence-corrected chi connectivity index (χ0v) is 19.7. The van der Waals surface area contributed by atoms with Crippen LogP contribution in [0.1, 0.15) is 58.3 Å². The van der Waals surface area contributed by atoms with E-state index >= 15 is 0 Å². The highest BCUT2D eigenvalue weighted by atomic mass is 32.2. The Morgan fingerprint density at radius 1 is 1.15 bits per heavy atom. The van der Waals surface area contributed by atoms with E-state index in [4.69, 9.17) is 4.74 Å². The molecule has 10 heteroatoms. The van der Waals surface area contributed by atoms with Crippen LogP contribution in [0.2, 0.25) is 0 Å². The van der Waals surface area contributed by atoms with Gasteiger partial charge < -0.3 is 10.1 Å². The summed E-state index contributed by atoms with van der Waals surface area (Å²) in [6.45, 7) is 2.40. The van der Waals surface area contributed by atoms with Crippen molar-refractivity contribution >= 4 is 21.6 Å². The van der Waals surface area contributed by atoms with Crippen LogP contribution in [0.3, 0.4) is 0 Å². The molecule has 5 fully saturated rings. The molecule has 0 unspecified atom stereocenters. The molecule has 1 atom stereocenters. The molecule has 0 aromatic heterocycles. The van der Waals surface area contributed by atoms with Gasteiger partial charge >= 0.3 is 5.69 Å². The average molecular weight is 478 g/mol. The number of benzene rings is 1. The van der Waals surface area contributed by atoms with Gasteiger partial charge in [0.15, 0.2) is 11.9 Å². The van der Waals surface area contributed by atoms with Crippen LogP contribution in [-0.2, 0) is 14.8 Å². The van der Waals surface area contributed by atoms with Gasteiger partial charge in [0.05, 0.1) is 9.82 Å². The molecule has 1 aromatic carbocycles. The van der Waals surface area contributed by atoms with Gasteiger partial charge in [0.1, 0.15) is 0 Å². The Balaban J connectivity index is 1.31. The second kappa shape index (κ2) is 8.23. The molecule has 1 aromatic rings. The van der Waals surface area contributed by atoms with E-state index in [0.717, 1.165) is 38.2 Å². The second-order valence-electron chi connectivity index (χ2n) is 10.4. The zero-order chi connectivity index (χ0) is 23.4. The van der Waals surface area contributed by atoms with Gasteiger partial charge in [-0.1, -0.05) is 0 Å². The minimum absolute atomic E-state index is 0.103. The van der Waals surface area contributed by atoms with Gasteiger partial charge in [-0.2, -0.15) is 4.31 Å². The van der Waals surface area contributed by atoms with Crippen LogP contribution in [0.4, 0.5) is 5.69 Å². The van der Waals surface area contributed by atoms with E-state index in [9.17, 15) is 23.3 Å². The highest BCUT2D eigenvalue weighted by Gasteiger charge is 2.51. The first-order valence-electron chi connectivity index (χ1n) is 11.9. The number of sulfonamides is 1. The lowest BCUT2D eigenvalue weighted by molar-refractivity contribution is -0.386. The summed E-state index contributed by atoms with van der Waals surface area (Å²) in [6, 6.07) is 3.64. The molecular weight excluding hydrogens is 446 g/mol. The molecule has 4 bridgehead atoms. The zero-order valence-electron chi connectivity index (χ0n) is 18.9. The minimum Gasteiger partial charge on any atom is -0.474 e. The lowest BCUT2D eigenvalue weighted by atomic mass is 9.53. The third-order valence-corrected chi connectivity index (χ3v) is 9.82. The Kier molecular flexibility index (Phi) is 5.63. The number of ether oxygens (including phenoxy) is 1. The first kappa shape index (κ1) is 22.6. The highest BCUT2D eigenvalue weighted by molar-refractivity contribution is 7.89. The van der Waals surface area contributed by atoms with Crippen LogP contribution in [-0.4, -0.2) is 48.3 Å². The van der Waals surface area contributed by atoms with Crippen molar-refractivity contribution in [2.45, 2.75) is 74.8 Å². The number of carbonyl (C=O) groups is 1. The van der Waals surface area contributed by atoms with Crippen molar-refractivity contribution in [3.8, 4) is 5.75 Å². The summed E-state index contributed by atoms with van der Waals surface area (Å²) in [5, 5.41) is 14.9. The molecule has 0 spiro atoms. The van der Waals surface area contributed by atoms with E-state index in [2.05, 4.69) is 5.32 Å². The lowest BCUT2D eigenvalue weighted by Gasteiger charge is -2.57. The summed E-state index contributed by atoms with van der Waals surface area (Å²) in [5.74, 6) is 1.66. The van der Waals surface area contributed by atoms with Crippen LogP contribution >= 0.6 is 0 Å². The molecule has 1 N–H and O–H groups in total. The van der Waals surface area contributed by atoms with E-state index < -0.39 is 26.7 Å². The molecule has 1 saturated heterocycles. The summed E-state index contributed by atoms with van der Waals surface area (Å²) >= 11 is 0. The molecular formula is C23H31N3O6S. The SMILES string of the molecule is C[C@H](Oc1ccc(S(=O)(=O)N2CCCC2)cc1[N+](=O)[O-])C(=O)NC12CC3CC(CC(C3)C1)C2. The third-order valence-electron chi connectivity index (χ3n) is 7.93. The molecule has 180 valence electrons. The Morgan fingerprint density at radius 3 is 2.27 bits per heavy atom. The van der Waals surface area contributed by atoms with Gasteiger partial charge in [-0.05, 0) is 88.2 Å². The summed E-state index contributed by atoms with van der Waals surface area (Å²) in [6.07, 6.45) is 7.41. The minimum atomic E-state index is -3.79. The summed E-state index contributed by atoms with van der Waals surface area (Å²) in [4.78, 5) is 23.9. The van der Waals surface area contributed by atoms with Crippen LogP contribution in [0, 0.1) is 27.9 Å². The van der Waals surface area contributed by atoms with Gasteiger partial charge in [-0.25, -0.2) is 8.42 Å². The fraction of sp³-hybridized carbons (Fsp3) is 0.696. The van der Waals surface area contributed by atoms with E-state index in [0.29, 0.717) is 30.8 Å². The van der Waals surface area contributed by atoms with Crippen LogP contribution in [0.5, 0.6) is 5.75 Å². The monoisotopic (exact) mass is 477 g/mol. The number of rotatable bonds is 7. The lowest BCUT2D eigenvalue weighted by Crippen LogP contribution is -2.61. The van der Waals surface area contributed by atoms with Gasteiger partial charge in [0.2, 0.25) is 10.0 Å². The van der Waals surface area contributed by atoms with E-state index in [1.54, 1.807) is 6.92 Å². The second-order valence-corrected chi connectivity index (χ2v) is 12.4. The number of nitrogens with one attached hydrogen (secondary N) is 1. The molecule has 1 aliphatic heterocycles. The van der Waals surface area contributed by atoms with E-state index in [-0.39, 0.29) is 22.1 Å². The van der Waals surface area contributed by atoms with E-state index in [1.165, 1.54) is 35.7 Å². The third kappa shape index (κ3) is 4.23. The predicted molar refractivity (Wildman–Crippen MR) is 120 cm³/mol. The fourth-order valence-corrected chi connectivity index (χ4v) is 8.39. The maximum Gasteiger partial charge on any atom is 0.312 e. The summed E-state index contributed by atoms with van der Waals surface area (Å²) in [7, 11) is -3.79. The van der Waals surface area contributed by atoms with Crippen molar-refractivity contribution in [3.05, 3.63) is 28.3 Å². The summed E-state index contributed by atoms with van der Waals surface area (Å²) in [5.41, 5.74) is -0.631. The van der Waals surface area contributed by atoms with Crippen molar-refractivity contribution in [1.29, 1.82) is 0 Å². The first-order valence-corrected chi connectivity index (χ1v) is 13.4. The Hall–Kier alpha value is -2.20. The van der Waals surface area contributed by atoms with Gasteiger partial charge in [-0.15, -0.1) is 0 Å². The Morgan fingerprint density at radius 2 is 1.73 bits per heavy atom. The smallest absolute Gasteiger partial charge is 0.312 e. The summed E-state index contributed by atoms with van der Waals surface area (Å²) < 4.78 is 32.7. The van der Waals surface area contributed by atoms with Crippen molar-refractivity contribution < 1.29 is 22.9 Å². The Bertz CT molecular complexity index is 1030. The standard InChI is InChI=1S/C23H31N3O6S/c1-15(22(27)24-23-12-16-8-17(13-23)10-18(9-16)14-23)32-21-5-4-19(11-20(21)26(28)29)33(30,31)25-6-2-3-7-25/h4-5,11,15-18H,2-3,6-10,12-14H2,1H3,(H,24,27)/t15-,16?,17?,18?,23?/m0/s1. The first-order chi connectivity index (χ1) is 15.6. The van der Waals surface area contributed by atoms with Gasteiger partial charge in [-0.3, -0.25) is 14.9 Å². The van der Waals surface area contributed by atoms with Crippen molar-refractivity contribution in [2.75, 3.05) is 13.1 Å². The Labute approximate surface area is 194 Å². The maximum atomic E-state index is 13.0. The van der Waals surface area contributed by atoms with Crippen molar-refractivity contribution in [2.24, 2.45) is 17.8 Å². The highest BCUT2D eigenvalue weighted by Crippen LogP contribution is 2.55. The number of nitro groups is 1. The molecule has 1 heterocycles. The number of nitrogens with zero attached hydrogens (tertiary/aromatic N) is 2. The fourth-order valence-electron chi connectivity index (χ4n) is 6.85. The maximum absolute atomic E-state index is 13.0. The molecule has 1 amide bonds. The number of hydrogen-bond donors (Lipinski definition) is 1. The topological polar surface area (TPSA) is 119 Å². The van der Waals surface area contributed by atoms with Crippen molar-refractivity contribution in [1.82, 2.24) is 9.62 Å². The quantitative estimate of drug-likeness (QED) is 0.476. The number of hydrogen-bond acceptors (Lipinski definition) is 6. The molecule has 4 aliphatic carbocycles. The van der Waals surface area contributed by atoms with Gasteiger partial charge in [0.25, 0.3) is 5.91 Å². The molecule has 33 heavy (non-hydrogen) atoms. The van der Waals surface area contributed by atoms with Crippen LogP contribution in [0.25, 0.3) is 0 Å². The molecule has 0 radical (unpaired) electrons. The predicted octanol–water partition coefficient (Wildman–Crippen LogP) is 3.23. The number of nitro benzene ring substituents is 1. The molecule has 4 saturated carbocycles. The average Bonchev–Trinajstić information content (AvgIpc) is 3.28. The number of amides is 1. The van der Waals surface area contributed by atoms with Crippen LogP contribution < -0.4 is 10.1 Å². The molecule has 9 nitrogen and oxygen atoms in total. The number of carbonyl (C=O) groups excluding carboxylic acids is 1. The van der Waals surface area contributed by atoms with Crippen LogP contribution in [0.15, 0.2) is 23.1 Å². The van der Waals surface area contributed by atoms with E-state index in [1.807, 2.05) is 0 Å². The normalized spacial score (nSPS) is 32.0.